The molecule has 6 heteroatoms. The number of carbonyl (C=O) groups is 2. The normalized spacial score (nSPS) is 10.3. The second-order valence-electron chi connectivity index (χ2n) is 4.42. The summed E-state index contributed by atoms with van der Waals surface area (Å²) in [5.74, 6) is -0.536. The molecule has 6 nitrogen and oxygen atoms in total. The smallest absolute Gasteiger partial charge is 0.322 e. The Balaban J connectivity index is 2.39. The van der Waals surface area contributed by atoms with Crippen LogP contribution in [0.1, 0.15) is 12.5 Å². The molecule has 0 aliphatic rings. The summed E-state index contributed by atoms with van der Waals surface area (Å²) < 4.78 is 5.35. The van der Waals surface area contributed by atoms with Gasteiger partial charge in [0.15, 0.2) is 0 Å². The summed E-state index contributed by atoms with van der Waals surface area (Å²) >= 11 is 0. The second-order valence-corrected chi connectivity index (χ2v) is 4.42. The van der Waals surface area contributed by atoms with Crippen LogP contribution in [-0.4, -0.2) is 48.6 Å². The van der Waals surface area contributed by atoms with Gasteiger partial charge in [0.1, 0.15) is 12.3 Å². The molecule has 0 aliphatic heterocycles. The van der Waals surface area contributed by atoms with Gasteiger partial charge in [0.25, 0.3) is 0 Å². The Hall–Kier alpha value is -2.08. The molecule has 20 heavy (non-hydrogen) atoms. The van der Waals surface area contributed by atoms with Crippen LogP contribution >= 0.6 is 0 Å². The first kappa shape index (κ1) is 16.0. The number of likely N-dealkylation sites (N-methyl/N-ethyl adjacent to an activating group) is 1. The van der Waals surface area contributed by atoms with Crippen molar-refractivity contribution in [1.29, 1.82) is 0 Å². The summed E-state index contributed by atoms with van der Waals surface area (Å²) in [6, 6.07) is 7.65. The molecule has 1 rings (SSSR count). The Morgan fingerprint density at radius 3 is 2.50 bits per heavy atom. The lowest BCUT2D eigenvalue weighted by Gasteiger charge is -2.16. The lowest BCUT2D eigenvalue weighted by molar-refractivity contribution is -0.138. The van der Waals surface area contributed by atoms with Gasteiger partial charge < -0.3 is 15.2 Å². The zero-order valence-electron chi connectivity index (χ0n) is 11.8. The largest absolute Gasteiger partial charge is 0.494 e. The van der Waals surface area contributed by atoms with E-state index in [4.69, 9.17) is 9.84 Å². The molecular formula is C14H20N2O4. The number of carboxylic acid groups (broad SMARTS) is 1. The Bertz CT molecular complexity index is 445. The van der Waals surface area contributed by atoms with Crippen molar-refractivity contribution in [3.8, 4) is 5.75 Å². The van der Waals surface area contributed by atoms with Crippen molar-refractivity contribution in [3.63, 3.8) is 0 Å². The second kappa shape index (κ2) is 8.16. The standard InChI is InChI=1S/C14H20N2O4/c1-3-20-12-6-4-11(5-7-12)9-16(2)10-13(17)15-8-14(18)19/h4-7H,3,8-10H2,1-2H3,(H,15,17)(H,18,19). The van der Waals surface area contributed by atoms with Gasteiger partial charge in [-0.25, -0.2) is 0 Å². The van der Waals surface area contributed by atoms with Gasteiger partial charge in [0, 0.05) is 6.54 Å². The molecule has 1 aromatic rings. The number of carbonyl (C=O) groups excluding carboxylic acids is 1. The van der Waals surface area contributed by atoms with Gasteiger partial charge in [0.05, 0.1) is 13.2 Å². The molecule has 1 amide bonds. The molecule has 0 spiro atoms. The zero-order valence-corrected chi connectivity index (χ0v) is 11.8. The van der Waals surface area contributed by atoms with E-state index in [0.717, 1.165) is 11.3 Å². The van der Waals surface area contributed by atoms with Crippen LogP contribution in [0.25, 0.3) is 0 Å². The van der Waals surface area contributed by atoms with Crippen molar-refractivity contribution in [3.05, 3.63) is 29.8 Å². The minimum atomic E-state index is -1.05. The number of hydrogen-bond donors (Lipinski definition) is 2. The molecule has 0 saturated heterocycles. The minimum absolute atomic E-state index is 0.153. The highest BCUT2D eigenvalue weighted by Gasteiger charge is 2.08. The number of carboxylic acids is 1. The quantitative estimate of drug-likeness (QED) is 0.733. The van der Waals surface area contributed by atoms with E-state index in [9.17, 15) is 9.59 Å². The van der Waals surface area contributed by atoms with Gasteiger partial charge in [0.2, 0.25) is 5.91 Å². The molecule has 0 aromatic heterocycles. The van der Waals surface area contributed by atoms with Crippen molar-refractivity contribution in [2.75, 3.05) is 26.7 Å². The van der Waals surface area contributed by atoms with Crippen molar-refractivity contribution in [2.24, 2.45) is 0 Å². The van der Waals surface area contributed by atoms with E-state index in [1.165, 1.54) is 0 Å². The van der Waals surface area contributed by atoms with E-state index in [1.54, 1.807) is 7.05 Å². The summed E-state index contributed by atoms with van der Waals surface area (Å²) in [4.78, 5) is 23.6. The summed E-state index contributed by atoms with van der Waals surface area (Å²) in [6.45, 7) is 2.96. The number of aliphatic carboxylic acids is 1. The average Bonchev–Trinajstić information content (AvgIpc) is 2.39. The van der Waals surface area contributed by atoms with Crippen LogP contribution in [0.3, 0.4) is 0 Å². The highest BCUT2D eigenvalue weighted by Crippen LogP contribution is 2.13. The Labute approximate surface area is 118 Å². The van der Waals surface area contributed by atoms with Crippen molar-refractivity contribution >= 4 is 11.9 Å². The maximum atomic E-state index is 11.5. The molecular weight excluding hydrogens is 260 g/mol. The SMILES string of the molecule is CCOc1ccc(CN(C)CC(=O)NCC(=O)O)cc1. The van der Waals surface area contributed by atoms with Gasteiger partial charge in [-0.3, -0.25) is 14.5 Å². The molecule has 0 unspecified atom stereocenters. The monoisotopic (exact) mass is 280 g/mol. The fourth-order valence-corrected chi connectivity index (χ4v) is 1.70. The van der Waals surface area contributed by atoms with Gasteiger partial charge in [-0.2, -0.15) is 0 Å². The Morgan fingerprint density at radius 2 is 1.95 bits per heavy atom. The molecule has 0 radical (unpaired) electrons. The third-order valence-corrected chi connectivity index (χ3v) is 2.54. The van der Waals surface area contributed by atoms with E-state index in [0.29, 0.717) is 13.2 Å². The fraction of sp³-hybridized carbons (Fsp3) is 0.429. The fourth-order valence-electron chi connectivity index (χ4n) is 1.70. The van der Waals surface area contributed by atoms with Gasteiger partial charge in [-0.05, 0) is 31.7 Å². The van der Waals surface area contributed by atoms with E-state index in [1.807, 2.05) is 36.1 Å². The first-order valence-electron chi connectivity index (χ1n) is 6.40. The maximum absolute atomic E-state index is 11.5. The lowest BCUT2D eigenvalue weighted by atomic mass is 10.2. The lowest BCUT2D eigenvalue weighted by Crippen LogP contribution is -2.37. The number of nitrogens with zero attached hydrogens (tertiary/aromatic N) is 1. The number of hydrogen-bond acceptors (Lipinski definition) is 4. The predicted molar refractivity (Wildman–Crippen MR) is 74.6 cm³/mol. The predicted octanol–water partition coefficient (Wildman–Crippen LogP) is 0.718. The molecule has 1 aromatic carbocycles. The number of rotatable bonds is 8. The van der Waals surface area contributed by atoms with Gasteiger partial charge in [-0.1, -0.05) is 12.1 Å². The topological polar surface area (TPSA) is 78.9 Å². The van der Waals surface area contributed by atoms with Crippen LogP contribution in [0.5, 0.6) is 5.75 Å². The summed E-state index contributed by atoms with van der Waals surface area (Å²) in [7, 11) is 1.80. The minimum Gasteiger partial charge on any atom is -0.494 e. The maximum Gasteiger partial charge on any atom is 0.322 e. The van der Waals surface area contributed by atoms with Crippen LogP contribution in [-0.2, 0) is 16.1 Å². The van der Waals surface area contributed by atoms with E-state index < -0.39 is 5.97 Å². The molecule has 0 atom stereocenters. The van der Waals surface area contributed by atoms with Crippen LogP contribution in [0.2, 0.25) is 0 Å². The Morgan fingerprint density at radius 1 is 1.30 bits per heavy atom. The zero-order chi connectivity index (χ0) is 15.0. The van der Waals surface area contributed by atoms with E-state index in [2.05, 4.69) is 5.32 Å². The van der Waals surface area contributed by atoms with Crippen molar-refractivity contribution in [1.82, 2.24) is 10.2 Å². The van der Waals surface area contributed by atoms with Crippen LogP contribution < -0.4 is 10.1 Å². The van der Waals surface area contributed by atoms with E-state index in [-0.39, 0.29) is 19.0 Å². The highest BCUT2D eigenvalue weighted by molar-refractivity contribution is 5.82. The number of benzene rings is 1. The number of ether oxygens (including phenoxy) is 1. The average molecular weight is 280 g/mol. The van der Waals surface area contributed by atoms with Crippen LogP contribution in [0.4, 0.5) is 0 Å². The summed E-state index contributed by atoms with van der Waals surface area (Å²) in [6.07, 6.45) is 0. The van der Waals surface area contributed by atoms with E-state index >= 15 is 0 Å². The number of amides is 1. The molecule has 0 heterocycles. The van der Waals surface area contributed by atoms with Crippen molar-refractivity contribution < 1.29 is 19.4 Å². The molecule has 0 bridgehead atoms. The molecule has 0 aliphatic carbocycles. The first-order chi connectivity index (χ1) is 9.51. The van der Waals surface area contributed by atoms with Gasteiger partial charge >= 0.3 is 5.97 Å². The molecule has 110 valence electrons. The third-order valence-electron chi connectivity index (χ3n) is 2.54. The third kappa shape index (κ3) is 6.19. The molecule has 2 N–H and O–H groups in total. The first-order valence-corrected chi connectivity index (χ1v) is 6.40. The van der Waals surface area contributed by atoms with Crippen LogP contribution in [0, 0.1) is 0 Å². The number of nitrogens with one attached hydrogen (secondary N) is 1. The van der Waals surface area contributed by atoms with Crippen molar-refractivity contribution in [2.45, 2.75) is 13.5 Å². The summed E-state index contributed by atoms with van der Waals surface area (Å²) in [5, 5.41) is 10.8. The summed E-state index contributed by atoms with van der Waals surface area (Å²) in [5.41, 5.74) is 1.06. The molecule has 0 saturated carbocycles. The molecule has 0 fully saturated rings. The van der Waals surface area contributed by atoms with Crippen LogP contribution in [0.15, 0.2) is 24.3 Å². The Kier molecular flexibility index (Phi) is 6.52. The highest BCUT2D eigenvalue weighted by atomic mass is 16.5. The van der Waals surface area contributed by atoms with Gasteiger partial charge in [-0.15, -0.1) is 0 Å².